The lowest BCUT2D eigenvalue weighted by Gasteiger charge is -1.96. The average Bonchev–Trinajstić information content (AvgIpc) is 2.82. The van der Waals surface area contributed by atoms with E-state index in [2.05, 4.69) is 0 Å². The predicted molar refractivity (Wildman–Crippen MR) is 64.0 cm³/mol. The van der Waals surface area contributed by atoms with Gasteiger partial charge in [0.25, 0.3) is 0 Å². The fourth-order valence-electron chi connectivity index (χ4n) is 1.29. The number of ketones is 1. The first kappa shape index (κ1) is 11.7. The van der Waals surface area contributed by atoms with Crippen molar-refractivity contribution in [3.05, 3.63) is 63.9 Å². The van der Waals surface area contributed by atoms with Gasteiger partial charge in [0.2, 0.25) is 0 Å². The van der Waals surface area contributed by atoms with E-state index in [9.17, 15) is 13.6 Å². The van der Waals surface area contributed by atoms with E-state index in [0.29, 0.717) is 0 Å². The van der Waals surface area contributed by atoms with Crippen LogP contribution >= 0.6 is 11.3 Å². The number of carbonyl (C=O) groups is 1. The second kappa shape index (κ2) is 5.01. The van der Waals surface area contributed by atoms with Crippen molar-refractivity contribution in [3.8, 4) is 0 Å². The second-order valence-electron chi connectivity index (χ2n) is 3.34. The molecule has 0 bridgehead atoms. The van der Waals surface area contributed by atoms with Gasteiger partial charge in [-0.15, -0.1) is 11.3 Å². The molecule has 0 amide bonds. The molecule has 0 aliphatic rings. The van der Waals surface area contributed by atoms with E-state index in [4.69, 9.17) is 0 Å². The third-order valence-electron chi connectivity index (χ3n) is 2.15. The Morgan fingerprint density at radius 2 is 2.00 bits per heavy atom. The van der Waals surface area contributed by atoms with Crippen LogP contribution in [0.25, 0.3) is 6.08 Å². The summed E-state index contributed by atoms with van der Waals surface area (Å²) < 4.78 is 25.6. The van der Waals surface area contributed by atoms with Gasteiger partial charge in [-0.3, -0.25) is 4.79 Å². The van der Waals surface area contributed by atoms with Gasteiger partial charge in [0.1, 0.15) is 0 Å². The molecule has 2 rings (SSSR count). The van der Waals surface area contributed by atoms with Gasteiger partial charge in [-0.2, -0.15) is 0 Å². The lowest BCUT2D eigenvalue weighted by atomic mass is 10.1. The summed E-state index contributed by atoms with van der Waals surface area (Å²) in [7, 11) is 0. The van der Waals surface area contributed by atoms with Crippen molar-refractivity contribution in [2.75, 3.05) is 0 Å². The van der Waals surface area contributed by atoms with Gasteiger partial charge in [0, 0.05) is 10.4 Å². The second-order valence-corrected chi connectivity index (χ2v) is 4.32. The Hall–Kier alpha value is -1.81. The van der Waals surface area contributed by atoms with E-state index in [1.165, 1.54) is 23.5 Å². The topological polar surface area (TPSA) is 17.1 Å². The van der Waals surface area contributed by atoms with Crippen LogP contribution in [0.15, 0.2) is 41.8 Å². The molecule has 0 saturated heterocycles. The maximum absolute atomic E-state index is 12.9. The molecule has 0 fully saturated rings. The zero-order valence-electron chi connectivity index (χ0n) is 8.69. The van der Waals surface area contributed by atoms with Crippen molar-refractivity contribution in [3.63, 3.8) is 0 Å². The first-order valence-corrected chi connectivity index (χ1v) is 5.76. The molecule has 4 heteroatoms. The van der Waals surface area contributed by atoms with E-state index in [0.717, 1.165) is 17.0 Å². The summed E-state index contributed by atoms with van der Waals surface area (Å²) >= 11 is 1.49. The summed E-state index contributed by atoms with van der Waals surface area (Å²) in [5, 5.41) is 1.89. The van der Waals surface area contributed by atoms with Crippen LogP contribution < -0.4 is 0 Å². The van der Waals surface area contributed by atoms with Gasteiger partial charge in [0.15, 0.2) is 17.4 Å². The SMILES string of the molecule is O=C(C=Cc1cccs1)c1ccc(F)c(F)c1. The first-order valence-electron chi connectivity index (χ1n) is 4.88. The Labute approximate surface area is 101 Å². The summed E-state index contributed by atoms with van der Waals surface area (Å²) in [4.78, 5) is 12.6. The molecule has 0 spiro atoms. The van der Waals surface area contributed by atoms with Crippen LogP contribution in [0.3, 0.4) is 0 Å². The Morgan fingerprint density at radius 1 is 1.18 bits per heavy atom. The largest absolute Gasteiger partial charge is 0.289 e. The standard InChI is InChI=1S/C13H8F2OS/c14-11-5-3-9(8-12(11)15)13(16)6-4-10-2-1-7-17-10/h1-8H. The maximum Gasteiger partial charge on any atom is 0.185 e. The summed E-state index contributed by atoms with van der Waals surface area (Å²) in [6.07, 6.45) is 2.99. The molecule has 0 aliphatic carbocycles. The first-order chi connectivity index (χ1) is 8.16. The molecule has 1 aromatic carbocycles. The van der Waals surface area contributed by atoms with Gasteiger partial charge in [-0.25, -0.2) is 8.78 Å². The molecule has 17 heavy (non-hydrogen) atoms. The monoisotopic (exact) mass is 250 g/mol. The third-order valence-corrected chi connectivity index (χ3v) is 2.98. The van der Waals surface area contributed by atoms with Gasteiger partial charge in [-0.1, -0.05) is 6.07 Å². The fourth-order valence-corrected chi connectivity index (χ4v) is 1.91. The Kier molecular flexibility index (Phi) is 3.44. The number of halogens is 2. The van der Waals surface area contributed by atoms with Gasteiger partial charge in [-0.05, 0) is 41.8 Å². The minimum absolute atomic E-state index is 0.136. The summed E-state index contributed by atoms with van der Waals surface area (Å²) in [6.45, 7) is 0. The molecule has 1 heterocycles. The maximum atomic E-state index is 12.9. The fraction of sp³-hybridized carbons (Fsp3) is 0. The molecular weight excluding hydrogens is 242 g/mol. The molecule has 0 radical (unpaired) electrons. The molecule has 0 N–H and O–H groups in total. The van der Waals surface area contributed by atoms with Crippen molar-refractivity contribution in [2.24, 2.45) is 0 Å². The third kappa shape index (κ3) is 2.85. The van der Waals surface area contributed by atoms with Crippen LogP contribution in [-0.4, -0.2) is 5.78 Å². The van der Waals surface area contributed by atoms with Crippen LogP contribution in [0.5, 0.6) is 0 Å². The average molecular weight is 250 g/mol. The zero-order chi connectivity index (χ0) is 12.3. The molecule has 1 nitrogen and oxygen atoms in total. The molecule has 2 aromatic rings. The van der Waals surface area contributed by atoms with E-state index in [-0.39, 0.29) is 11.3 Å². The van der Waals surface area contributed by atoms with Crippen molar-refractivity contribution in [2.45, 2.75) is 0 Å². The number of allylic oxidation sites excluding steroid dienone is 1. The lowest BCUT2D eigenvalue weighted by Crippen LogP contribution is -1.96. The highest BCUT2D eigenvalue weighted by molar-refractivity contribution is 7.10. The van der Waals surface area contributed by atoms with E-state index < -0.39 is 11.6 Å². The van der Waals surface area contributed by atoms with Crippen LogP contribution in [-0.2, 0) is 0 Å². The molecule has 86 valence electrons. The van der Waals surface area contributed by atoms with E-state index in [1.807, 2.05) is 17.5 Å². The van der Waals surface area contributed by atoms with Gasteiger partial charge < -0.3 is 0 Å². The van der Waals surface area contributed by atoms with E-state index >= 15 is 0 Å². The van der Waals surface area contributed by atoms with Crippen LogP contribution in [0.4, 0.5) is 8.78 Å². The van der Waals surface area contributed by atoms with Crippen LogP contribution in [0, 0.1) is 11.6 Å². The van der Waals surface area contributed by atoms with Gasteiger partial charge >= 0.3 is 0 Å². The molecule has 0 unspecified atom stereocenters. The number of rotatable bonds is 3. The number of thiophene rings is 1. The summed E-state index contributed by atoms with van der Waals surface area (Å²) in [6, 6.07) is 6.84. The van der Waals surface area contributed by atoms with Crippen LogP contribution in [0.2, 0.25) is 0 Å². The number of hydrogen-bond donors (Lipinski definition) is 0. The Bertz CT molecular complexity index is 559. The number of carbonyl (C=O) groups excluding carboxylic acids is 1. The van der Waals surface area contributed by atoms with Crippen molar-refractivity contribution < 1.29 is 13.6 Å². The highest BCUT2D eigenvalue weighted by Crippen LogP contribution is 2.13. The highest BCUT2D eigenvalue weighted by atomic mass is 32.1. The quantitative estimate of drug-likeness (QED) is 0.596. The van der Waals surface area contributed by atoms with E-state index in [1.54, 1.807) is 6.08 Å². The molecule has 0 saturated carbocycles. The predicted octanol–water partition coefficient (Wildman–Crippen LogP) is 3.92. The van der Waals surface area contributed by atoms with Crippen LogP contribution in [0.1, 0.15) is 15.2 Å². The highest BCUT2D eigenvalue weighted by Gasteiger charge is 2.06. The molecule has 0 atom stereocenters. The summed E-state index contributed by atoms with van der Waals surface area (Å²) in [5.41, 5.74) is 0.136. The summed E-state index contributed by atoms with van der Waals surface area (Å²) in [5.74, 6) is -2.32. The normalized spacial score (nSPS) is 10.9. The minimum atomic E-state index is -1.01. The molecular formula is C13H8F2OS. The lowest BCUT2D eigenvalue weighted by molar-refractivity contribution is 0.104. The van der Waals surface area contributed by atoms with Crippen molar-refractivity contribution in [1.82, 2.24) is 0 Å². The van der Waals surface area contributed by atoms with Crippen molar-refractivity contribution in [1.29, 1.82) is 0 Å². The van der Waals surface area contributed by atoms with Crippen molar-refractivity contribution >= 4 is 23.2 Å². The molecule has 1 aromatic heterocycles. The smallest absolute Gasteiger partial charge is 0.185 e. The zero-order valence-corrected chi connectivity index (χ0v) is 9.51. The minimum Gasteiger partial charge on any atom is -0.289 e. The Balaban J connectivity index is 2.17. The number of benzene rings is 1. The number of hydrogen-bond acceptors (Lipinski definition) is 2. The Morgan fingerprint density at radius 3 is 2.65 bits per heavy atom. The van der Waals surface area contributed by atoms with Gasteiger partial charge in [0.05, 0.1) is 0 Å². The molecule has 0 aliphatic heterocycles.